The molecule has 0 N–H and O–H groups in total. The largest absolute Gasteiger partial charge is 0.487 e. The van der Waals surface area contributed by atoms with Crippen molar-refractivity contribution in [1.29, 1.82) is 0 Å². The standard InChI is InChI=1S/C25H32ClFO/c1-3-5-18-7-9-20(10-8-18)17-28-23-16-15-22(25(27)24(23)26)21-13-11-19(6-4-2)12-14-21/h7-10,15-16,19,21H,3-6,11-14,17H2,1-2H3. The van der Waals surface area contributed by atoms with Crippen LogP contribution in [0.2, 0.25) is 5.02 Å². The van der Waals surface area contributed by atoms with Crippen LogP contribution in [0.4, 0.5) is 4.39 Å². The van der Waals surface area contributed by atoms with E-state index < -0.39 is 0 Å². The van der Waals surface area contributed by atoms with Crippen LogP contribution < -0.4 is 4.74 Å². The molecule has 0 amide bonds. The summed E-state index contributed by atoms with van der Waals surface area (Å²) in [5.41, 5.74) is 3.15. The van der Waals surface area contributed by atoms with Gasteiger partial charge in [-0.1, -0.05) is 75.0 Å². The van der Waals surface area contributed by atoms with Gasteiger partial charge in [-0.05, 0) is 66.7 Å². The zero-order chi connectivity index (χ0) is 19.9. The van der Waals surface area contributed by atoms with Gasteiger partial charge in [0.05, 0.1) is 0 Å². The molecule has 1 fully saturated rings. The summed E-state index contributed by atoms with van der Waals surface area (Å²) in [7, 11) is 0. The zero-order valence-corrected chi connectivity index (χ0v) is 17.9. The molecule has 3 heteroatoms. The minimum absolute atomic E-state index is 0.121. The molecule has 0 heterocycles. The molecule has 28 heavy (non-hydrogen) atoms. The lowest BCUT2D eigenvalue weighted by Crippen LogP contribution is -2.14. The summed E-state index contributed by atoms with van der Waals surface area (Å²) in [5, 5.41) is 0.121. The van der Waals surface area contributed by atoms with Crippen LogP contribution in [0.15, 0.2) is 36.4 Å². The summed E-state index contributed by atoms with van der Waals surface area (Å²) >= 11 is 6.33. The molecule has 2 aromatic rings. The molecule has 3 rings (SSSR count). The molecule has 1 aliphatic rings. The van der Waals surface area contributed by atoms with Crippen molar-refractivity contribution < 1.29 is 9.13 Å². The SMILES string of the molecule is CCCc1ccc(COc2ccc(C3CCC(CCC)CC3)c(F)c2Cl)cc1. The summed E-state index contributed by atoms with van der Waals surface area (Å²) in [5.74, 6) is 1.23. The molecule has 0 atom stereocenters. The fourth-order valence-electron chi connectivity index (χ4n) is 4.40. The Morgan fingerprint density at radius 1 is 0.929 bits per heavy atom. The van der Waals surface area contributed by atoms with E-state index in [-0.39, 0.29) is 16.8 Å². The van der Waals surface area contributed by atoms with Gasteiger partial charge in [0.15, 0.2) is 0 Å². The average molecular weight is 403 g/mol. The van der Waals surface area contributed by atoms with E-state index in [1.54, 1.807) is 0 Å². The maximum absolute atomic E-state index is 14.9. The number of halogens is 2. The Balaban J connectivity index is 1.62. The maximum Gasteiger partial charge on any atom is 0.149 e. The summed E-state index contributed by atoms with van der Waals surface area (Å²) in [6.07, 6.45) is 9.26. The maximum atomic E-state index is 14.9. The molecule has 0 unspecified atom stereocenters. The van der Waals surface area contributed by atoms with Crippen molar-refractivity contribution in [2.24, 2.45) is 5.92 Å². The molecule has 0 spiro atoms. The first-order valence-electron chi connectivity index (χ1n) is 10.8. The molecule has 0 aliphatic heterocycles. The molecular formula is C25H32ClFO. The van der Waals surface area contributed by atoms with Crippen molar-refractivity contribution in [2.75, 3.05) is 0 Å². The van der Waals surface area contributed by atoms with Crippen molar-refractivity contribution in [3.05, 3.63) is 63.9 Å². The van der Waals surface area contributed by atoms with Crippen LogP contribution in [0.1, 0.15) is 81.4 Å². The topological polar surface area (TPSA) is 9.23 Å². The first kappa shape index (κ1) is 21.2. The van der Waals surface area contributed by atoms with Crippen LogP contribution >= 0.6 is 11.6 Å². The predicted molar refractivity (Wildman–Crippen MR) is 116 cm³/mol. The van der Waals surface area contributed by atoms with Gasteiger partial charge in [0.2, 0.25) is 0 Å². The van der Waals surface area contributed by atoms with Gasteiger partial charge in [0.1, 0.15) is 23.2 Å². The lowest BCUT2D eigenvalue weighted by molar-refractivity contribution is 0.298. The molecular weight excluding hydrogens is 371 g/mol. The van der Waals surface area contributed by atoms with E-state index in [1.807, 2.05) is 12.1 Å². The van der Waals surface area contributed by atoms with Crippen molar-refractivity contribution in [1.82, 2.24) is 0 Å². The molecule has 1 aliphatic carbocycles. The van der Waals surface area contributed by atoms with Crippen molar-refractivity contribution >= 4 is 11.6 Å². The minimum Gasteiger partial charge on any atom is -0.487 e. The Labute approximate surface area is 174 Å². The second-order valence-corrected chi connectivity index (χ2v) is 8.52. The van der Waals surface area contributed by atoms with Crippen molar-refractivity contribution in [2.45, 2.75) is 77.7 Å². The highest BCUT2D eigenvalue weighted by atomic mass is 35.5. The minimum atomic E-state index is -0.295. The van der Waals surface area contributed by atoms with E-state index in [4.69, 9.17) is 16.3 Å². The Hall–Kier alpha value is -1.54. The first-order valence-corrected chi connectivity index (χ1v) is 11.2. The van der Waals surface area contributed by atoms with Crippen LogP contribution in [0.25, 0.3) is 0 Å². The fraction of sp³-hybridized carbons (Fsp3) is 0.520. The van der Waals surface area contributed by atoms with E-state index >= 15 is 0 Å². The van der Waals surface area contributed by atoms with Gasteiger partial charge in [-0.15, -0.1) is 0 Å². The van der Waals surface area contributed by atoms with Gasteiger partial charge in [-0.25, -0.2) is 4.39 Å². The average Bonchev–Trinajstić information content (AvgIpc) is 2.71. The quantitative estimate of drug-likeness (QED) is 0.433. The third-order valence-corrected chi connectivity index (χ3v) is 6.37. The summed E-state index contributed by atoms with van der Waals surface area (Å²) in [6.45, 7) is 4.81. The molecule has 152 valence electrons. The van der Waals surface area contributed by atoms with E-state index in [0.29, 0.717) is 12.4 Å². The normalized spacial score (nSPS) is 19.6. The molecule has 0 bridgehead atoms. The highest BCUT2D eigenvalue weighted by molar-refractivity contribution is 6.32. The van der Waals surface area contributed by atoms with Crippen LogP contribution in [0, 0.1) is 11.7 Å². The van der Waals surface area contributed by atoms with Crippen LogP contribution in [0.5, 0.6) is 5.75 Å². The number of hydrogen-bond donors (Lipinski definition) is 0. The number of ether oxygens (including phenoxy) is 1. The second-order valence-electron chi connectivity index (χ2n) is 8.14. The van der Waals surface area contributed by atoms with E-state index in [0.717, 1.165) is 42.7 Å². The Morgan fingerprint density at radius 3 is 2.25 bits per heavy atom. The van der Waals surface area contributed by atoms with E-state index in [9.17, 15) is 4.39 Å². The third kappa shape index (κ3) is 5.29. The highest BCUT2D eigenvalue weighted by Gasteiger charge is 2.25. The lowest BCUT2D eigenvalue weighted by Gasteiger charge is -2.29. The molecule has 1 saturated carbocycles. The van der Waals surface area contributed by atoms with E-state index in [2.05, 4.69) is 38.1 Å². The highest BCUT2D eigenvalue weighted by Crippen LogP contribution is 2.41. The Morgan fingerprint density at radius 2 is 1.61 bits per heavy atom. The van der Waals surface area contributed by atoms with Crippen molar-refractivity contribution in [3.8, 4) is 5.75 Å². The molecule has 2 aromatic carbocycles. The number of hydrogen-bond acceptors (Lipinski definition) is 1. The molecule has 0 aromatic heterocycles. The zero-order valence-electron chi connectivity index (χ0n) is 17.1. The number of benzene rings is 2. The lowest BCUT2D eigenvalue weighted by atomic mass is 9.77. The van der Waals surface area contributed by atoms with Gasteiger partial charge < -0.3 is 4.74 Å². The fourth-order valence-corrected chi connectivity index (χ4v) is 4.62. The predicted octanol–water partition coefficient (Wildman–Crippen LogP) is 8.08. The van der Waals surface area contributed by atoms with Gasteiger partial charge in [0.25, 0.3) is 0 Å². The van der Waals surface area contributed by atoms with Crippen LogP contribution in [0.3, 0.4) is 0 Å². The first-order chi connectivity index (χ1) is 13.6. The van der Waals surface area contributed by atoms with Gasteiger partial charge in [-0.2, -0.15) is 0 Å². The second kappa shape index (κ2) is 10.3. The summed E-state index contributed by atoms with van der Waals surface area (Å²) < 4.78 is 20.8. The van der Waals surface area contributed by atoms with Gasteiger partial charge in [0, 0.05) is 0 Å². The third-order valence-electron chi connectivity index (χ3n) is 6.02. The Kier molecular flexibility index (Phi) is 7.79. The smallest absolute Gasteiger partial charge is 0.149 e. The summed E-state index contributed by atoms with van der Waals surface area (Å²) in [6, 6.07) is 12.1. The van der Waals surface area contributed by atoms with E-state index in [1.165, 1.54) is 31.2 Å². The van der Waals surface area contributed by atoms with Gasteiger partial charge in [-0.3, -0.25) is 0 Å². The molecule has 0 radical (unpaired) electrons. The monoisotopic (exact) mass is 402 g/mol. The van der Waals surface area contributed by atoms with Crippen LogP contribution in [-0.4, -0.2) is 0 Å². The van der Waals surface area contributed by atoms with Crippen LogP contribution in [-0.2, 0) is 13.0 Å². The number of rotatable bonds is 8. The molecule has 0 saturated heterocycles. The van der Waals surface area contributed by atoms with Gasteiger partial charge >= 0.3 is 0 Å². The summed E-state index contributed by atoms with van der Waals surface area (Å²) in [4.78, 5) is 0. The van der Waals surface area contributed by atoms with Crippen molar-refractivity contribution in [3.63, 3.8) is 0 Å². The Bertz CT molecular complexity index is 748. The number of aryl methyl sites for hydroxylation is 1. The molecule has 1 nitrogen and oxygen atoms in total.